The summed E-state index contributed by atoms with van der Waals surface area (Å²) >= 11 is 0. The SMILES string of the molecule is CC(C)(C)OC(C)(C)OC(C)(C)C.C[C@@H]1O[C@@H]1C. The number of hydrogen-bond donors (Lipinski definition) is 0. The molecule has 0 N–H and O–H groups in total. The predicted octanol–water partition coefficient (Wildman–Crippen LogP) is 4.15. The van der Waals surface area contributed by atoms with Crippen LogP contribution in [0.2, 0.25) is 0 Å². The van der Waals surface area contributed by atoms with E-state index in [4.69, 9.17) is 14.2 Å². The Balaban J connectivity index is 0.000000473. The molecule has 1 aliphatic heterocycles. The van der Waals surface area contributed by atoms with Crippen LogP contribution < -0.4 is 0 Å². The third-order valence-corrected chi connectivity index (χ3v) is 2.12. The molecular weight excluding hydrogens is 228 g/mol. The molecule has 0 aromatic rings. The summed E-state index contributed by atoms with van der Waals surface area (Å²) in [5, 5.41) is 0. The van der Waals surface area contributed by atoms with Crippen molar-refractivity contribution in [2.75, 3.05) is 0 Å². The summed E-state index contributed by atoms with van der Waals surface area (Å²) in [6, 6.07) is 0. The predicted molar refractivity (Wildman–Crippen MR) is 75.8 cm³/mol. The Kier molecular flexibility index (Phi) is 5.85. The Morgan fingerprint density at radius 1 is 0.667 bits per heavy atom. The maximum absolute atomic E-state index is 5.78. The maximum atomic E-state index is 5.78. The van der Waals surface area contributed by atoms with Crippen LogP contribution in [0, 0.1) is 0 Å². The van der Waals surface area contributed by atoms with Crippen molar-refractivity contribution in [2.24, 2.45) is 0 Å². The van der Waals surface area contributed by atoms with Gasteiger partial charge in [-0.25, -0.2) is 0 Å². The average Bonchev–Trinajstić information content (AvgIpc) is 2.52. The van der Waals surface area contributed by atoms with Gasteiger partial charge in [0.1, 0.15) is 0 Å². The maximum Gasteiger partial charge on any atom is 0.164 e. The first-order valence-corrected chi connectivity index (χ1v) is 6.78. The molecule has 0 aliphatic carbocycles. The van der Waals surface area contributed by atoms with Crippen LogP contribution in [0.15, 0.2) is 0 Å². The van der Waals surface area contributed by atoms with Crippen molar-refractivity contribution in [3.05, 3.63) is 0 Å². The zero-order valence-electron chi connectivity index (χ0n) is 13.9. The van der Waals surface area contributed by atoms with E-state index in [-0.39, 0.29) is 11.2 Å². The smallest absolute Gasteiger partial charge is 0.164 e. The minimum Gasteiger partial charge on any atom is -0.370 e. The third kappa shape index (κ3) is 11.0. The number of hydrogen-bond acceptors (Lipinski definition) is 3. The van der Waals surface area contributed by atoms with Gasteiger partial charge in [0.05, 0.1) is 23.4 Å². The van der Waals surface area contributed by atoms with Crippen LogP contribution in [0.1, 0.15) is 69.2 Å². The van der Waals surface area contributed by atoms with Crippen molar-refractivity contribution in [2.45, 2.75) is 98.4 Å². The molecule has 3 heteroatoms. The molecule has 18 heavy (non-hydrogen) atoms. The second kappa shape index (κ2) is 5.89. The fourth-order valence-electron chi connectivity index (χ4n) is 1.79. The van der Waals surface area contributed by atoms with Crippen LogP contribution in [0.4, 0.5) is 0 Å². The van der Waals surface area contributed by atoms with Gasteiger partial charge in [0.15, 0.2) is 5.79 Å². The van der Waals surface area contributed by atoms with Gasteiger partial charge in [-0.05, 0) is 69.2 Å². The lowest BCUT2D eigenvalue weighted by atomic mass is 10.1. The molecule has 0 spiro atoms. The number of rotatable bonds is 2. The van der Waals surface area contributed by atoms with E-state index >= 15 is 0 Å². The lowest BCUT2D eigenvalue weighted by Gasteiger charge is -2.38. The molecule has 1 aliphatic rings. The molecule has 0 aromatic heterocycles. The van der Waals surface area contributed by atoms with E-state index < -0.39 is 5.79 Å². The molecule has 0 bridgehead atoms. The van der Waals surface area contributed by atoms with Gasteiger partial charge in [0.25, 0.3) is 0 Å². The molecule has 0 saturated carbocycles. The van der Waals surface area contributed by atoms with Crippen molar-refractivity contribution in [3.63, 3.8) is 0 Å². The molecule has 3 nitrogen and oxygen atoms in total. The van der Waals surface area contributed by atoms with Gasteiger partial charge < -0.3 is 14.2 Å². The Bertz CT molecular complexity index is 221. The summed E-state index contributed by atoms with van der Waals surface area (Å²) in [4.78, 5) is 0. The molecule has 1 saturated heterocycles. The average molecular weight is 260 g/mol. The summed E-state index contributed by atoms with van der Waals surface area (Å²) in [6.45, 7) is 20.2. The summed E-state index contributed by atoms with van der Waals surface area (Å²) < 4.78 is 16.5. The van der Waals surface area contributed by atoms with Crippen molar-refractivity contribution in [1.82, 2.24) is 0 Å². The monoisotopic (exact) mass is 260 g/mol. The van der Waals surface area contributed by atoms with E-state index in [0.717, 1.165) is 0 Å². The van der Waals surface area contributed by atoms with Gasteiger partial charge in [0, 0.05) is 0 Å². The lowest BCUT2D eigenvalue weighted by Crippen LogP contribution is -2.42. The topological polar surface area (TPSA) is 31.0 Å². The molecule has 2 atom stereocenters. The standard InChI is InChI=1S/C11H24O2.C4H8O/c1-9(2,3)12-11(7,8)13-10(4,5)6;1-3-4(2)5-3/h1-8H3;3-4H,1-2H3/t;3-,4+. The van der Waals surface area contributed by atoms with Crippen molar-refractivity contribution in [3.8, 4) is 0 Å². The summed E-state index contributed by atoms with van der Waals surface area (Å²) in [7, 11) is 0. The highest BCUT2D eigenvalue weighted by Gasteiger charge is 2.30. The van der Waals surface area contributed by atoms with Crippen LogP contribution in [-0.2, 0) is 14.2 Å². The minimum absolute atomic E-state index is 0.172. The fourth-order valence-corrected chi connectivity index (χ4v) is 1.79. The minimum atomic E-state index is -0.531. The second-order valence-corrected chi connectivity index (χ2v) is 7.38. The first-order valence-electron chi connectivity index (χ1n) is 6.78. The van der Waals surface area contributed by atoms with Crippen molar-refractivity contribution in [1.29, 1.82) is 0 Å². The first kappa shape index (κ1) is 17.9. The van der Waals surface area contributed by atoms with Crippen LogP contribution in [0.5, 0.6) is 0 Å². The van der Waals surface area contributed by atoms with Crippen LogP contribution in [0.3, 0.4) is 0 Å². The molecule has 0 radical (unpaired) electrons. The van der Waals surface area contributed by atoms with E-state index in [0.29, 0.717) is 12.2 Å². The summed E-state index contributed by atoms with van der Waals surface area (Å²) in [6.07, 6.45) is 1.10. The Morgan fingerprint density at radius 2 is 0.889 bits per heavy atom. The largest absolute Gasteiger partial charge is 0.370 e. The zero-order valence-corrected chi connectivity index (χ0v) is 13.9. The first-order chi connectivity index (χ1) is 7.72. The Labute approximate surface area is 113 Å². The highest BCUT2D eigenvalue weighted by Crippen LogP contribution is 2.25. The lowest BCUT2D eigenvalue weighted by molar-refractivity contribution is -0.291. The number of ether oxygens (including phenoxy) is 3. The highest BCUT2D eigenvalue weighted by atomic mass is 16.7. The van der Waals surface area contributed by atoms with Gasteiger partial charge >= 0.3 is 0 Å². The highest BCUT2D eigenvalue weighted by molar-refractivity contribution is 4.73. The van der Waals surface area contributed by atoms with Crippen molar-refractivity contribution >= 4 is 0 Å². The molecule has 0 aromatic carbocycles. The van der Waals surface area contributed by atoms with Gasteiger partial charge in [-0.3, -0.25) is 0 Å². The van der Waals surface area contributed by atoms with Gasteiger partial charge in [0.2, 0.25) is 0 Å². The second-order valence-electron chi connectivity index (χ2n) is 7.38. The van der Waals surface area contributed by atoms with E-state index in [1.54, 1.807) is 0 Å². The zero-order chi connectivity index (χ0) is 14.8. The fraction of sp³-hybridized carbons (Fsp3) is 1.00. The molecule has 1 fully saturated rings. The molecular formula is C15H32O3. The Morgan fingerprint density at radius 3 is 1.00 bits per heavy atom. The van der Waals surface area contributed by atoms with E-state index in [1.165, 1.54) is 0 Å². The molecule has 0 unspecified atom stereocenters. The van der Waals surface area contributed by atoms with E-state index in [9.17, 15) is 0 Å². The number of epoxide rings is 1. The molecule has 110 valence electrons. The Hall–Kier alpha value is -0.120. The van der Waals surface area contributed by atoms with Crippen LogP contribution in [-0.4, -0.2) is 29.2 Å². The molecule has 1 rings (SSSR count). The van der Waals surface area contributed by atoms with Crippen LogP contribution >= 0.6 is 0 Å². The molecule has 1 heterocycles. The van der Waals surface area contributed by atoms with Gasteiger partial charge in [-0.2, -0.15) is 0 Å². The van der Waals surface area contributed by atoms with Crippen molar-refractivity contribution < 1.29 is 14.2 Å². The summed E-state index contributed by atoms with van der Waals surface area (Å²) in [5.74, 6) is -0.531. The van der Waals surface area contributed by atoms with Crippen LogP contribution in [0.25, 0.3) is 0 Å². The van der Waals surface area contributed by atoms with E-state index in [1.807, 2.05) is 55.4 Å². The third-order valence-electron chi connectivity index (χ3n) is 2.12. The van der Waals surface area contributed by atoms with E-state index in [2.05, 4.69) is 13.8 Å². The van der Waals surface area contributed by atoms with Gasteiger partial charge in [-0.1, -0.05) is 0 Å². The normalized spacial score (nSPS) is 24.3. The quantitative estimate of drug-likeness (QED) is 0.552. The summed E-state index contributed by atoms with van der Waals surface area (Å²) in [5.41, 5.74) is -0.344. The van der Waals surface area contributed by atoms with Gasteiger partial charge in [-0.15, -0.1) is 0 Å². The molecule has 0 amide bonds.